The van der Waals surface area contributed by atoms with Crippen molar-refractivity contribution in [1.29, 1.82) is 0 Å². The molecule has 82 valence electrons. The number of carbonyl (C=O) groups excluding carboxylic acids is 1. The van der Waals surface area contributed by atoms with E-state index in [0.717, 1.165) is 0 Å². The van der Waals surface area contributed by atoms with E-state index in [-0.39, 0.29) is 4.57 Å². The number of carbonyl (C=O) groups is 1. The summed E-state index contributed by atoms with van der Waals surface area (Å²) in [4.78, 5) is 15.3. The SMILES string of the molecule is [2H]c1nc([2H])n(C([2H])([2H])[2H])c1C([2H])([2H])[C@@]1([2H])COC(=O)[C@H]1CC([2H])([2H])[2H]. The van der Waals surface area contributed by atoms with Gasteiger partial charge in [-0.1, -0.05) is 6.85 Å². The van der Waals surface area contributed by atoms with E-state index in [1.165, 1.54) is 0 Å². The Balaban J connectivity index is 2.65. The van der Waals surface area contributed by atoms with E-state index in [1.807, 2.05) is 0 Å². The normalized spacial score (nSPS) is 43.9. The van der Waals surface area contributed by atoms with Crippen LogP contribution in [-0.4, -0.2) is 22.1 Å². The predicted octanol–water partition coefficient (Wildman–Crippen LogP) is 1.16. The minimum Gasteiger partial charge on any atom is -0.465 e. The highest BCUT2D eigenvalue weighted by Gasteiger charge is 2.35. The van der Waals surface area contributed by atoms with Crippen molar-refractivity contribution in [3.8, 4) is 0 Å². The Bertz CT molecular complexity index is 723. The van der Waals surface area contributed by atoms with Crippen molar-refractivity contribution in [1.82, 2.24) is 9.55 Å². The maximum absolute atomic E-state index is 11.9. The number of esters is 1. The summed E-state index contributed by atoms with van der Waals surface area (Å²) in [7, 11) is 0. The molecule has 0 aliphatic carbocycles. The number of aromatic nitrogens is 2. The van der Waals surface area contributed by atoms with Gasteiger partial charge in [0.1, 0.15) is 1.37 Å². The lowest BCUT2D eigenvalue weighted by Crippen LogP contribution is -2.18. The number of nitrogens with zero attached hydrogens (tertiary/aromatic N) is 2. The van der Waals surface area contributed by atoms with Crippen molar-refractivity contribution in [3.05, 3.63) is 18.2 Å². The quantitative estimate of drug-likeness (QED) is 0.717. The van der Waals surface area contributed by atoms with Gasteiger partial charge in [-0.25, -0.2) is 4.98 Å². The number of cyclic esters (lactones) is 1. The fourth-order valence-corrected chi connectivity index (χ4v) is 1.29. The molecule has 2 atom stereocenters. The lowest BCUT2D eigenvalue weighted by Gasteiger charge is -2.12. The molecule has 1 saturated heterocycles. The van der Waals surface area contributed by atoms with Crippen molar-refractivity contribution < 1.29 is 24.6 Å². The molecular formula is C11H16N2O2. The Kier molecular flexibility index (Phi) is 0.899. The van der Waals surface area contributed by atoms with Crippen LogP contribution in [0.15, 0.2) is 12.5 Å². The second kappa shape index (κ2) is 4.04. The molecule has 15 heavy (non-hydrogen) atoms. The van der Waals surface area contributed by atoms with Crippen LogP contribution in [0.1, 0.15) is 34.0 Å². The molecule has 0 N–H and O–H groups in total. The molecule has 1 fully saturated rings. The average molecular weight is 219 g/mol. The minimum atomic E-state index is -3.06. The van der Waals surface area contributed by atoms with Gasteiger partial charge in [-0.3, -0.25) is 4.79 Å². The molecule has 1 aliphatic rings. The van der Waals surface area contributed by atoms with Crippen LogP contribution < -0.4 is 0 Å². The van der Waals surface area contributed by atoms with E-state index >= 15 is 0 Å². The number of rotatable bonds is 3. The van der Waals surface area contributed by atoms with Crippen LogP contribution in [0.5, 0.6) is 0 Å². The molecule has 1 aliphatic heterocycles. The molecule has 0 amide bonds. The van der Waals surface area contributed by atoms with Crippen LogP contribution in [0, 0.1) is 11.8 Å². The smallest absolute Gasteiger partial charge is 0.309 e. The average Bonchev–Trinajstić information content (AvgIpc) is 2.89. The summed E-state index contributed by atoms with van der Waals surface area (Å²) in [5.41, 5.74) is -0.897. The zero-order valence-electron chi connectivity index (χ0n) is 18.7. The number of imidazole rings is 1. The topological polar surface area (TPSA) is 44.1 Å². The Hall–Kier alpha value is -1.32. The zero-order chi connectivity index (χ0) is 20.3. The van der Waals surface area contributed by atoms with Crippen LogP contribution in [0.25, 0.3) is 0 Å². The first-order valence-corrected chi connectivity index (χ1v) is 4.26. The highest BCUT2D eigenvalue weighted by Crippen LogP contribution is 2.27. The molecule has 0 radical (unpaired) electrons. The van der Waals surface area contributed by atoms with Crippen LogP contribution in [-0.2, 0) is 22.9 Å². The first kappa shape index (κ1) is 3.34. The van der Waals surface area contributed by atoms with Gasteiger partial charge in [0, 0.05) is 37.1 Å². The van der Waals surface area contributed by atoms with Gasteiger partial charge in [-0.15, -0.1) is 0 Å². The molecule has 0 bridgehead atoms. The van der Waals surface area contributed by atoms with E-state index in [2.05, 4.69) is 4.98 Å². The Morgan fingerprint density at radius 3 is 3.73 bits per heavy atom. The van der Waals surface area contributed by atoms with Crippen molar-refractivity contribution in [2.24, 2.45) is 18.8 Å². The number of ether oxygens (including phenoxy) is 1. The van der Waals surface area contributed by atoms with Gasteiger partial charge < -0.3 is 9.30 Å². The van der Waals surface area contributed by atoms with Crippen LogP contribution in [0.2, 0.25) is 0 Å². The molecule has 2 heterocycles. The molecule has 4 heteroatoms. The minimum absolute atomic E-state index is 0.195. The lowest BCUT2D eigenvalue weighted by atomic mass is 9.89. The fourth-order valence-electron chi connectivity index (χ4n) is 1.29. The Morgan fingerprint density at radius 1 is 2.00 bits per heavy atom. The van der Waals surface area contributed by atoms with Crippen molar-refractivity contribution in [2.45, 2.75) is 19.6 Å². The van der Waals surface area contributed by atoms with E-state index in [1.54, 1.807) is 0 Å². The van der Waals surface area contributed by atoms with E-state index < -0.39 is 69.2 Å². The third-order valence-corrected chi connectivity index (χ3v) is 2.09. The highest BCUT2D eigenvalue weighted by atomic mass is 16.5. The largest absolute Gasteiger partial charge is 0.465 e. The highest BCUT2D eigenvalue weighted by molar-refractivity contribution is 5.74. The van der Waals surface area contributed by atoms with Gasteiger partial charge in [0.2, 0.25) is 0 Å². The molecule has 0 aromatic carbocycles. The zero-order valence-corrected chi connectivity index (χ0v) is 7.70. The van der Waals surface area contributed by atoms with Crippen LogP contribution in [0.3, 0.4) is 0 Å². The second-order valence-electron chi connectivity index (χ2n) is 3.02. The molecule has 0 spiro atoms. The van der Waals surface area contributed by atoms with E-state index in [0.29, 0.717) is 0 Å². The summed E-state index contributed by atoms with van der Waals surface area (Å²) in [5.74, 6) is -5.31. The molecule has 4 nitrogen and oxygen atoms in total. The van der Waals surface area contributed by atoms with Gasteiger partial charge >= 0.3 is 5.97 Å². The molecule has 1 aromatic heterocycles. The molecule has 0 unspecified atom stereocenters. The number of hydrogen-bond donors (Lipinski definition) is 0. The lowest BCUT2D eigenvalue weighted by molar-refractivity contribution is -0.141. The van der Waals surface area contributed by atoms with Gasteiger partial charge in [0.05, 0.1) is 20.2 Å². The summed E-state index contributed by atoms with van der Waals surface area (Å²) in [6.45, 7) is -6.55. The summed E-state index contributed by atoms with van der Waals surface area (Å²) in [6, 6.07) is 0. The van der Waals surface area contributed by atoms with E-state index in [4.69, 9.17) is 19.8 Å². The summed E-state index contributed by atoms with van der Waals surface area (Å²) in [6.07, 6.45) is -5.64. The van der Waals surface area contributed by atoms with Gasteiger partial charge in [-0.05, 0) is 12.8 Å². The first-order chi connectivity index (χ1) is 11.5. The van der Waals surface area contributed by atoms with Gasteiger partial charge in [0.25, 0.3) is 0 Å². The van der Waals surface area contributed by atoms with Crippen molar-refractivity contribution >= 4 is 5.97 Å². The fraction of sp³-hybridized carbons (Fsp3) is 0.636. The molecule has 2 rings (SSSR count). The predicted molar refractivity (Wildman–Crippen MR) is 55.1 cm³/mol. The molecule has 1 aromatic rings. The van der Waals surface area contributed by atoms with Crippen molar-refractivity contribution in [2.75, 3.05) is 6.61 Å². The maximum Gasteiger partial charge on any atom is 0.309 e. The summed E-state index contributed by atoms with van der Waals surface area (Å²) in [5, 5.41) is 0. The third kappa shape index (κ3) is 1.89. The van der Waals surface area contributed by atoms with E-state index in [9.17, 15) is 4.79 Å². The van der Waals surface area contributed by atoms with Crippen LogP contribution in [0.4, 0.5) is 0 Å². The second-order valence-corrected chi connectivity index (χ2v) is 3.02. The standard InChI is InChI=1S/C11H16N2O2/c1-3-10-8(6-15-11(10)14)4-9-5-12-7-13(9)2/h5,7-8,10H,3-4,6H2,1-2H3/t8-,10-/m0/s1/i1D3,2D3,4D2,5D,7D,8D. The monoisotopic (exact) mass is 219 g/mol. The van der Waals surface area contributed by atoms with Crippen molar-refractivity contribution in [3.63, 3.8) is 0 Å². The maximum atomic E-state index is 11.9. The van der Waals surface area contributed by atoms with Crippen LogP contribution >= 0.6 is 0 Å². The van der Waals surface area contributed by atoms with Gasteiger partial charge in [-0.2, -0.15) is 0 Å². The number of hydrogen-bond acceptors (Lipinski definition) is 3. The third-order valence-electron chi connectivity index (χ3n) is 2.09. The molecular weight excluding hydrogens is 192 g/mol. The summed E-state index contributed by atoms with van der Waals surface area (Å²) >= 11 is 0. The first-order valence-electron chi connectivity index (χ1n) is 9.76. The summed E-state index contributed by atoms with van der Waals surface area (Å²) < 4.78 is 89.6. The van der Waals surface area contributed by atoms with Gasteiger partial charge in [0.15, 0.2) is 0 Å². The molecule has 0 saturated carbocycles. The Labute approximate surface area is 105 Å². The Morgan fingerprint density at radius 2 is 2.93 bits per heavy atom.